The summed E-state index contributed by atoms with van der Waals surface area (Å²) in [5.41, 5.74) is 1.94. The first kappa shape index (κ1) is 21.5. The van der Waals surface area contributed by atoms with Crippen LogP contribution in [0, 0.1) is 11.6 Å². The SMILES string of the molecule is CCS(=O)(=O)N1Cc2ccccc2C[C@@H]1C(=O)Nc1nc(-c2cc(F)ccc2F)cs1. The van der Waals surface area contributed by atoms with E-state index in [2.05, 4.69) is 10.3 Å². The van der Waals surface area contributed by atoms with Crippen molar-refractivity contribution in [3.8, 4) is 11.3 Å². The molecule has 162 valence electrons. The predicted molar refractivity (Wildman–Crippen MR) is 115 cm³/mol. The van der Waals surface area contributed by atoms with Crippen molar-refractivity contribution in [1.82, 2.24) is 9.29 Å². The average Bonchev–Trinajstić information content (AvgIpc) is 3.22. The summed E-state index contributed by atoms with van der Waals surface area (Å²) in [6, 6.07) is 9.52. The molecule has 0 aliphatic carbocycles. The number of nitrogens with zero attached hydrogens (tertiary/aromatic N) is 2. The van der Waals surface area contributed by atoms with Crippen LogP contribution >= 0.6 is 11.3 Å². The van der Waals surface area contributed by atoms with Crippen LogP contribution < -0.4 is 5.32 Å². The van der Waals surface area contributed by atoms with E-state index in [1.54, 1.807) is 0 Å². The van der Waals surface area contributed by atoms with Crippen LogP contribution in [0.3, 0.4) is 0 Å². The van der Waals surface area contributed by atoms with Gasteiger partial charge in [-0.3, -0.25) is 4.79 Å². The largest absolute Gasteiger partial charge is 0.301 e. The van der Waals surface area contributed by atoms with E-state index >= 15 is 0 Å². The summed E-state index contributed by atoms with van der Waals surface area (Å²) >= 11 is 1.05. The molecule has 0 saturated heterocycles. The van der Waals surface area contributed by atoms with Crippen LogP contribution in [-0.4, -0.2) is 35.4 Å². The summed E-state index contributed by atoms with van der Waals surface area (Å²) < 4.78 is 54.0. The first-order chi connectivity index (χ1) is 14.8. The molecule has 31 heavy (non-hydrogen) atoms. The number of rotatable bonds is 5. The quantitative estimate of drug-likeness (QED) is 0.624. The van der Waals surface area contributed by atoms with Crippen LogP contribution in [0.2, 0.25) is 0 Å². The van der Waals surface area contributed by atoms with E-state index < -0.39 is 33.6 Å². The summed E-state index contributed by atoms with van der Waals surface area (Å²) in [5, 5.41) is 4.32. The summed E-state index contributed by atoms with van der Waals surface area (Å²) in [6.07, 6.45) is 0.234. The molecule has 0 saturated carbocycles. The molecule has 2 aromatic carbocycles. The van der Waals surface area contributed by atoms with Gasteiger partial charge in [0.25, 0.3) is 0 Å². The Kier molecular flexibility index (Phi) is 5.87. The van der Waals surface area contributed by atoms with Crippen LogP contribution in [0.25, 0.3) is 11.3 Å². The lowest BCUT2D eigenvalue weighted by atomic mass is 9.95. The number of benzene rings is 2. The van der Waals surface area contributed by atoms with E-state index in [-0.39, 0.29) is 35.1 Å². The van der Waals surface area contributed by atoms with Gasteiger partial charge in [-0.15, -0.1) is 11.3 Å². The van der Waals surface area contributed by atoms with Gasteiger partial charge in [0, 0.05) is 17.5 Å². The topological polar surface area (TPSA) is 79.4 Å². The highest BCUT2D eigenvalue weighted by Crippen LogP contribution is 2.30. The van der Waals surface area contributed by atoms with Gasteiger partial charge in [-0.2, -0.15) is 4.31 Å². The van der Waals surface area contributed by atoms with E-state index in [0.29, 0.717) is 0 Å². The van der Waals surface area contributed by atoms with Crippen molar-refractivity contribution in [2.24, 2.45) is 0 Å². The van der Waals surface area contributed by atoms with Crippen LogP contribution in [-0.2, 0) is 27.8 Å². The number of carbonyl (C=O) groups excluding carboxylic acids is 1. The number of anilines is 1. The monoisotopic (exact) mass is 463 g/mol. The van der Waals surface area contributed by atoms with Crippen LogP contribution in [0.15, 0.2) is 47.8 Å². The zero-order valence-corrected chi connectivity index (χ0v) is 18.1. The van der Waals surface area contributed by atoms with Crippen molar-refractivity contribution in [2.75, 3.05) is 11.1 Å². The molecule has 4 rings (SSSR count). The second-order valence-corrected chi connectivity index (χ2v) is 10.2. The van der Waals surface area contributed by atoms with Crippen molar-refractivity contribution in [3.05, 3.63) is 70.6 Å². The first-order valence-corrected chi connectivity index (χ1v) is 12.1. The average molecular weight is 464 g/mol. The summed E-state index contributed by atoms with van der Waals surface area (Å²) in [4.78, 5) is 17.2. The Morgan fingerprint density at radius 2 is 1.97 bits per heavy atom. The maximum Gasteiger partial charge on any atom is 0.244 e. The first-order valence-electron chi connectivity index (χ1n) is 9.56. The molecule has 10 heteroatoms. The highest BCUT2D eigenvalue weighted by Gasteiger charge is 2.38. The zero-order chi connectivity index (χ0) is 22.2. The number of aromatic nitrogens is 1. The Hall–Kier alpha value is -2.69. The van der Waals surface area contributed by atoms with Gasteiger partial charge in [-0.05, 0) is 42.7 Å². The lowest BCUT2D eigenvalue weighted by Crippen LogP contribution is -2.51. The zero-order valence-electron chi connectivity index (χ0n) is 16.5. The number of fused-ring (bicyclic) bond motifs is 1. The molecule has 0 bridgehead atoms. The minimum absolute atomic E-state index is 0.0152. The second kappa shape index (κ2) is 8.45. The minimum Gasteiger partial charge on any atom is -0.301 e. The summed E-state index contributed by atoms with van der Waals surface area (Å²) in [6.45, 7) is 1.65. The molecule has 1 aliphatic rings. The highest BCUT2D eigenvalue weighted by molar-refractivity contribution is 7.89. The number of nitrogens with one attached hydrogen (secondary N) is 1. The molecule has 1 amide bonds. The second-order valence-electron chi connectivity index (χ2n) is 7.09. The maximum absolute atomic E-state index is 14.0. The molecule has 3 aromatic rings. The van der Waals surface area contributed by atoms with E-state index in [1.807, 2.05) is 24.3 Å². The molecule has 0 fully saturated rings. The molecule has 0 radical (unpaired) electrons. The molecule has 0 spiro atoms. The van der Waals surface area contributed by atoms with Gasteiger partial charge >= 0.3 is 0 Å². The van der Waals surface area contributed by atoms with Crippen molar-refractivity contribution < 1.29 is 22.0 Å². The van der Waals surface area contributed by atoms with Gasteiger partial charge in [0.2, 0.25) is 15.9 Å². The molecule has 1 N–H and O–H groups in total. The van der Waals surface area contributed by atoms with E-state index in [9.17, 15) is 22.0 Å². The lowest BCUT2D eigenvalue weighted by molar-refractivity contribution is -0.120. The summed E-state index contributed by atoms with van der Waals surface area (Å²) in [5.74, 6) is -1.88. The van der Waals surface area contributed by atoms with Gasteiger partial charge in [0.05, 0.1) is 11.4 Å². The normalized spacial score (nSPS) is 16.7. The number of thiazole rings is 1. The number of carbonyl (C=O) groups is 1. The standard InChI is InChI=1S/C21H19F2N3O3S2/c1-2-31(28,29)26-11-14-6-4-3-5-13(14)9-19(26)20(27)25-21-24-18(12-30-21)16-10-15(22)7-8-17(16)23/h3-8,10,12,19H,2,9,11H2,1H3,(H,24,25,27)/t19-/m1/s1. The Balaban J connectivity index is 1.60. The third kappa shape index (κ3) is 4.36. The van der Waals surface area contributed by atoms with Gasteiger partial charge in [-0.25, -0.2) is 22.2 Å². The molecular formula is C21H19F2N3O3S2. The van der Waals surface area contributed by atoms with Crippen molar-refractivity contribution >= 4 is 32.4 Å². The number of hydrogen-bond acceptors (Lipinski definition) is 5. The Morgan fingerprint density at radius 3 is 2.71 bits per heavy atom. The molecule has 2 heterocycles. The fourth-order valence-corrected chi connectivity index (χ4v) is 5.46. The van der Waals surface area contributed by atoms with Gasteiger partial charge < -0.3 is 5.32 Å². The van der Waals surface area contributed by atoms with E-state index in [0.717, 1.165) is 40.7 Å². The molecular weight excluding hydrogens is 444 g/mol. The minimum atomic E-state index is -3.63. The molecule has 0 unspecified atom stereocenters. The molecule has 1 aliphatic heterocycles. The highest BCUT2D eigenvalue weighted by atomic mass is 32.2. The maximum atomic E-state index is 14.0. The molecule has 1 atom stereocenters. The number of sulfonamides is 1. The van der Waals surface area contributed by atoms with Crippen molar-refractivity contribution in [2.45, 2.75) is 25.9 Å². The fraction of sp³-hybridized carbons (Fsp3) is 0.238. The molecule has 1 aromatic heterocycles. The van der Waals surface area contributed by atoms with Gasteiger partial charge in [-0.1, -0.05) is 24.3 Å². The third-order valence-electron chi connectivity index (χ3n) is 5.17. The van der Waals surface area contributed by atoms with Gasteiger partial charge in [0.1, 0.15) is 17.7 Å². The lowest BCUT2D eigenvalue weighted by Gasteiger charge is -2.34. The van der Waals surface area contributed by atoms with Crippen molar-refractivity contribution in [3.63, 3.8) is 0 Å². The van der Waals surface area contributed by atoms with E-state index in [4.69, 9.17) is 0 Å². The van der Waals surface area contributed by atoms with Gasteiger partial charge in [0.15, 0.2) is 5.13 Å². The number of halogens is 2. The molecule has 6 nitrogen and oxygen atoms in total. The number of amides is 1. The van der Waals surface area contributed by atoms with Crippen LogP contribution in [0.5, 0.6) is 0 Å². The summed E-state index contributed by atoms with van der Waals surface area (Å²) in [7, 11) is -3.63. The smallest absolute Gasteiger partial charge is 0.244 e. The Bertz CT molecular complexity index is 1240. The number of hydrogen-bond donors (Lipinski definition) is 1. The van der Waals surface area contributed by atoms with Crippen molar-refractivity contribution in [1.29, 1.82) is 0 Å². The van der Waals surface area contributed by atoms with Crippen LogP contribution in [0.4, 0.5) is 13.9 Å². The van der Waals surface area contributed by atoms with E-state index in [1.165, 1.54) is 16.6 Å². The third-order valence-corrected chi connectivity index (χ3v) is 7.75. The Morgan fingerprint density at radius 1 is 1.23 bits per heavy atom. The van der Waals surface area contributed by atoms with Crippen LogP contribution in [0.1, 0.15) is 18.1 Å². The predicted octanol–water partition coefficient (Wildman–Crippen LogP) is 3.80. The fourth-order valence-electron chi connectivity index (χ4n) is 3.52. The Labute approximate surface area is 182 Å².